The van der Waals surface area contributed by atoms with Crippen LogP contribution in [0.2, 0.25) is 19.6 Å². The average Bonchev–Trinajstić information content (AvgIpc) is 2.80. The van der Waals surface area contributed by atoms with Crippen LogP contribution in [-0.2, 0) is 14.2 Å². The molecule has 3 atom stereocenters. The van der Waals surface area contributed by atoms with E-state index in [0.717, 1.165) is 5.76 Å². The summed E-state index contributed by atoms with van der Waals surface area (Å²) in [6, 6.07) is 0. The summed E-state index contributed by atoms with van der Waals surface area (Å²) in [5.41, 5.74) is 3.26. The summed E-state index contributed by atoms with van der Waals surface area (Å²) >= 11 is 0. The molecule has 0 spiro atoms. The molecule has 5 heteroatoms. The number of aliphatic hydroxyl groups excluding tert-OH is 1. The van der Waals surface area contributed by atoms with Crippen LogP contribution in [0, 0.1) is 11.5 Å². The number of hydrogen-bond donors (Lipinski definition) is 1. The zero-order chi connectivity index (χ0) is 15.0. The molecule has 0 unspecified atom stereocenters. The molecule has 0 saturated carbocycles. The highest BCUT2D eigenvalue weighted by Gasteiger charge is 2.44. The summed E-state index contributed by atoms with van der Waals surface area (Å²) in [7, 11) is -1.38. The Hall–Kier alpha value is -0.803. The zero-order valence-corrected chi connectivity index (χ0v) is 13.9. The molecule has 20 heavy (non-hydrogen) atoms. The van der Waals surface area contributed by atoms with Crippen molar-refractivity contribution in [1.82, 2.24) is 0 Å². The molecular formula is C15H24O4Si. The Labute approximate surface area is 122 Å². The fraction of sp³-hybridized carbons (Fsp3) is 0.733. The lowest BCUT2D eigenvalue weighted by Gasteiger charge is -2.22. The molecule has 0 aromatic carbocycles. The quantitative estimate of drug-likeness (QED) is 0.594. The molecule has 0 aromatic rings. The maximum absolute atomic E-state index is 10.1. The fourth-order valence-electron chi connectivity index (χ4n) is 2.25. The molecule has 0 aliphatic carbocycles. The minimum atomic E-state index is -1.38. The van der Waals surface area contributed by atoms with Crippen molar-refractivity contribution < 1.29 is 19.3 Å². The van der Waals surface area contributed by atoms with Crippen molar-refractivity contribution in [3.63, 3.8) is 0 Å². The maximum Gasteiger partial charge on any atom is 0.163 e. The van der Waals surface area contributed by atoms with Crippen LogP contribution in [0.4, 0.5) is 0 Å². The van der Waals surface area contributed by atoms with Gasteiger partial charge in [-0.2, -0.15) is 0 Å². The number of ether oxygens (including phenoxy) is 3. The third kappa shape index (κ3) is 4.09. The molecule has 0 amide bonds. The van der Waals surface area contributed by atoms with Crippen molar-refractivity contribution in [3.05, 3.63) is 11.8 Å². The van der Waals surface area contributed by atoms with Crippen molar-refractivity contribution in [3.8, 4) is 11.5 Å². The third-order valence-corrected chi connectivity index (χ3v) is 4.05. The first-order valence-corrected chi connectivity index (χ1v) is 10.5. The van der Waals surface area contributed by atoms with Crippen LogP contribution in [0.1, 0.15) is 20.3 Å². The average molecular weight is 296 g/mol. The first-order chi connectivity index (χ1) is 9.16. The molecular weight excluding hydrogens is 272 g/mol. The maximum atomic E-state index is 10.1. The molecule has 2 fully saturated rings. The van der Waals surface area contributed by atoms with Gasteiger partial charge in [-0.1, -0.05) is 25.6 Å². The van der Waals surface area contributed by atoms with Gasteiger partial charge in [-0.25, -0.2) is 0 Å². The fourth-order valence-corrected chi connectivity index (χ4v) is 2.76. The number of rotatable bonds is 1. The highest BCUT2D eigenvalue weighted by Crippen LogP contribution is 2.33. The Morgan fingerprint density at radius 1 is 1.35 bits per heavy atom. The van der Waals surface area contributed by atoms with Crippen LogP contribution in [-0.4, -0.2) is 43.9 Å². The van der Waals surface area contributed by atoms with Crippen LogP contribution < -0.4 is 0 Å². The van der Waals surface area contributed by atoms with Gasteiger partial charge in [0.1, 0.15) is 26.0 Å². The van der Waals surface area contributed by atoms with Crippen molar-refractivity contribution in [2.45, 2.75) is 64.0 Å². The van der Waals surface area contributed by atoms with Gasteiger partial charge < -0.3 is 19.3 Å². The van der Waals surface area contributed by atoms with Crippen molar-refractivity contribution in [2.75, 3.05) is 6.61 Å². The minimum Gasteiger partial charge on any atom is -0.488 e. The minimum absolute atomic E-state index is 0.226. The lowest BCUT2D eigenvalue weighted by Crippen LogP contribution is -2.37. The predicted octanol–water partition coefficient (Wildman–Crippen LogP) is 2.05. The lowest BCUT2D eigenvalue weighted by atomic mass is 10.1. The summed E-state index contributed by atoms with van der Waals surface area (Å²) in [6.45, 7) is 10.8. The Morgan fingerprint density at radius 3 is 2.60 bits per heavy atom. The highest BCUT2D eigenvalue weighted by molar-refractivity contribution is 6.83. The molecule has 0 bridgehead atoms. The van der Waals surface area contributed by atoms with Gasteiger partial charge in [0, 0.05) is 12.5 Å². The van der Waals surface area contributed by atoms with E-state index in [1.807, 2.05) is 13.8 Å². The van der Waals surface area contributed by atoms with E-state index in [1.165, 1.54) is 0 Å². The van der Waals surface area contributed by atoms with Gasteiger partial charge in [0.15, 0.2) is 11.9 Å². The van der Waals surface area contributed by atoms with E-state index >= 15 is 0 Å². The summed E-state index contributed by atoms with van der Waals surface area (Å²) in [5, 5.41) is 10.1. The van der Waals surface area contributed by atoms with Gasteiger partial charge in [0.25, 0.3) is 0 Å². The van der Waals surface area contributed by atoms with Gasteiger partial charge in [-0.3, -0.25) is 0 Å². The molecule has 2 saturated heterocycles. The molecule has 1 N–H and O–H groups in total. The summed E-state index contributed by atoms with van der Waals surface area (Å²) in [5.74, 6) is 3.19. The molecule has 0 radical (unpaired) electrons. The summed E-state index contributed by atoms with van der Waals surface area (Å²) in [4.78, 5) is 0. The van der Waals surface area contributed by atoms with E-state index in [2.05, 4.69) is 31.1 Å². The van der Waals surface area contributed by atoms with E-state index in [4.69, 9.17) is 14.2 Å². The first-order valence-electron chi connectivity index (χ1n) is 7.04. The van der Waals surface area contributed by atoms with Crippen molar-refractivity contribution in [2.24, 2.45) is 0 Å². The molecule has 2 heterocycles. The summed E-state index contributed by atoms with van der Waals surface area (Å²) in [6.07, 6.45) is 1.12. The van der Waals surface area contributed by atoms with E-state index < -0.39 is 20.0 Å². The van der Waals surface area contributed by atoms with Crippen molar-refractivity contribution in [1.29, 1.82) is 0 Å². The Balaban J connectivity index is 1.99. The van der Waals surface area contributed by atoms with Gasteiger partial charge in [0.05, 0.1) is 6.61 Å². The van der Waals surface area contributed by atoms with Gasteiger partial charge >= 0.3 is 0 Å². The van der Waals surface area contributed by atoms with Gasteiger partial charge in [0.2, 0.25) is 0 Å². The molecule has 112 valence electrons. The monoisotopic (exact) mass is 296 g/mol. The van der Waals surface area contributed by atoms with Crippen LogP contribution in [0.3, 0.4) is 0 Å². The highest BCUT2D eigenvalue weighted by atomic mass is 28.3. The second-order valence-corrected chi connectivity index (χ2v) is 11.6. The largest absolute Gasteiger partial charge is 0.488 e. The van der Waals surface area contributed by atoms with Gasteiger partial charge in [-0.15, -0.1) is 5.54 Å². The zero-order valence-electron chi connectivity index (χ0n) is 12.9. The topological polar surface area (TPSA) is 47.9 Å². The summed E-state index contributed by atoms with van der Waals surface area (Å²) < 4.78 is 17.1. The van der Waals surface area contributed by atoms with Crippen LogP contribution in [0.15, 0.2) is 11.8 Å². The molecule has 0 aromatic heterocycles. The van der Waals surface area contributed by atoms with Crippen LogP contribution >= 0.6 is 0 Å². The van der Waals surface area contributed by atoms with E-state index in [-0.39, 0.29) is 12.2 Å². The van der Waals surface area contributed by atoms with Crippen LogP contribution in [0.5, 0.6) is 0 Å². The predicted molar refractivity (Wildman–Crippen MR) is 79.6 cm³/mol. The Morgan fingerprint density at radius 2 is 2.05 bits per heavy atom. The Bertz CT molecular complexity index is 453. The number of allylic oxidation sites excluding steroid dienone is 1. The third-order valence-electron chi connectivity index (χ3n) is 3.15. The second kappa shape index (κ2) is 5.53. The SMILES string of the molecule is CC1(C)OC[C@H]([C@H]2O/C(=C\C#C[Si](C)(C)C)C[C@H]2O)O1. The lowest BCUT2D eigenvalue weighted by molar-refractivity contribution is -0.155. The van der Waals surface area contributed by atoms with Crippen molar-refractivity contribution >= 4 is 8.07 Å². The second-order valence-electron chi connectivity index (χ2n) is 6.85. The smallest absolute Gasteiger partial charge is 0.163 e. The molecule has 2 aliphatic heterocycles. The molecule has 2 aliphatic rings. The standard InChI is InChI=1S/C15H24O4Si/c1-15(2)17-10-13(19-15)14-12(16)9-11(18-14)7-6-8-20(3,4)5/h7,12-14,16H,9-10H2,1-5H3/b11-7-/t12-,13-,14+/m1/s1. The first kappa shape index (κ1) is 15.6. The Kier molecular flexibility index (Phi) is 4.31. The van der Waals surface area contributed by atoms with Crippen LogP contribution in [0.25, 0.3) is 0 Å². The normalized spacial score (nSPS) is 34.7. The van der Waals surface area contributed by atoms with E-state index in [0.29, 0.717) is 13.0 Å². The van der Waals surface area contributed by atoms with Gasteiger partial charge in [-0.05, 0) is 13.8 Å². The number of hydrogen-bond acceptors (Lipinski definition) is 4. The number of aliphatic hydroxyl groups is 1. The van der Waals surface area contributed by atoms with E-state index in [1.54, 1.807) is 6.08 Å². The molecule has 4 nitrogen and oxygen atoms in total. The van der Waals surface area contributed by atoms with E-state index in [9.17, 15) is 5.11 Å². The molecule has 2 rings (SSSR count).